The maximum Gasteiger partial charge on any atom is 0.419 e. The van der Waals surface area contributed by atoms with Gasteiger partial charge in [0.15, 0.2) is 6.10 Å². The van der Waals surface area contributed by atoms with Gasteiger partial charge in [0.05, 0.1) is 12.0 Å². The van der Waals surface area contributed by atoms with Crippen molar-refractivity contribution < 1.29 is 24.2 Å². The highest BCUT2D eigenvalue weighted by Crippen LogP contribution is 2.64. The molecule has 3 heterocycles. The summed E-state index contributed by atoms with van der Waals surface area (Å²) in [5.41, 5.74) is -0.729. The Kier molecular flexibility index (Phi) is 1.35. The largest absolute Gasteiger partial charge is 0.448 e. The molecule has 0 aromatic heterocycles. The average molecular weight is 225 g/mol. The fraction of sp³-hybridized carbons (Fsp3) is 0.800. The molecule has 86 valence electrons. The second kappa shape index (κ2) is 2.41. The van der Waals surface area contributed by atoms with Gasteiger partial charge in [-0.25, -0.2) is 9.59 Å². The lowest BCUT2D eigenvalue weighted by Crippen LogP contribution is -2.52. The summed E-state index contributed by atoms with van der Waals surface area (Å²) in [7, 11) is 0. The molecule has 6 nitrogen and oxygen atoms in total. The molecule has 2 bridgehead atoms. The minimum atomic E-state index is -0.902. The van der Waals surface area contributed by atoms with Crippen molar-refractivity contribution in [3.05, 3.63) is 0 Å². The zero-order valence-corrected chi connectivity index (χ0v) is 8.46. The molecule has 4 aliphatic rings. The first-order chi connectivity index (χ1) is 7.63. The van der Waals surface area contributed by atoms with E-state index in [1.54, 1.807) is 0 Å². The van der Waals surface area contributed by atoms with Gasteiger partial charge in [-0.3, -0.25) is 4.90 Å². The third kappa shape index (κ3) is 0.790. The Labute approximate surface area is 91.1 Å². The summed E-state index contributed by atoms with van der Waals surface area (Å²) >= 11 is 0. The first-order valence-electron chi connectivity index (χ1n) is 5.50. The smallest absolute Gasteiger partial charge is 0.419 e. The Morgan fingerprint density at radius 1 is 1.31 bits per heavy atom. The van der Waals surface area contributed by atoms with Crippen molar-refractivity contribution >= 4 is 11.9 Å². The predicted molar refractivity (Wildman–Crippen MR) is 47.9 cm³/mol. The number of aliphatic hydroxyl groups is 1. The Morgan fingerprint density at radius 2 is 2.12 bits per heavy atom. The molecule has 1 spiro atoms. The SMILES string of the molecule is O=C1OC2C3C4CC(O)CN(C4)C23OC1=O. The molecule has 3 saturated heterocycles. The lowest BCUT2D eigenvalue weighted by atomic mass is 9.95. The van der Waals surface area contributed by atoms with Gasteiger partial charge < -0.3 is 14.6 Å². The molecule has 6 atom stereocenters. The van der Waals surface area contributed by atoms with Crippen LogP contribution in [-0.4, -0.2) is 53.0 Å². The zero-order valence-electron chi connectivity index (χ0n) is 8.46. The molecule has 0 radical (unpaired) electrons. The van der Waals surface area contributed by atoms with Crippen LogP contribution >= 0.6 is 0 Å². The predicted octanol–water partition coefficient (Wildman–Crippen LogP) is -1.52. The number of fused-ring (bicyclic) bond motifs is 4. The van der Waals surface area contributed by atoms with Crippen molar-refractivity contribution in [1.29, 1.82) is 0 Å². The third-order valence-corrected chi connectivity index (χ3v) is 4.22. The Hall–Kier alpha value is -1.14. The van der Waals surface area contributed by atoms with E-state index in [-0.39, 0.29) is 24.0 Å². The zero-order chi connectivity index (χ0) is 11.1. The van der Waals surface area contributed by atoms with E-state index in [2.05, 4.69) is 0 Å². The van der Waals surface area contributed by atoms with Crippen LogP contribution in [0, 0.1) is 11.8 Å². The standard InChI is InChI=1S/C10H11NO5/c12-5-1-4-2-11(3-5)10-6(4)7(10)15-8(13)9(14)16-10/h4-7,12H,1-3H2. The van der Waals surface area contributed by atoms with Crippen LogP contribution in [0.3, 0.4) is 0 Å². The maximum absolute atomic E-state index is 11.3. The number of piperidine rings is 2. The molecule has 0 aromatic rings. The summed E-state index contributed by atoms with van der Waals surface area (Å²) in [6.45, 7) is 1.32. The van der Waals surface area contributed by atoms with Crippen molar-refractivity contribution in [2.75, 3.05) is 13.1 Å². The van der Waals surface area contributed by atoms with Crippen molar-refractivity contribution in [3.63, 3.8) is 0 Å². The van der Waals surface area contributed by atoms with Gasteiger partial charge in [0.2, 0.25) is 5.72 Å². The van der Waals surface area contributed by atoms with Gasteiger partial charge in [0.25, 0.3) is 0 Å². The minimum absolute atomic E-state index is 0.0695. The molecule has 4 fully saturated rings. The van der Waals surface area contributed by atoms with Crippen LogP contribution in [-0.2, 0) is 19.1 Å². The van der Waals surface area contributed by atoms with Gasteiger partial charge in [-0.2, -0.15) is 0 Å². The maximum atomic E-state index is 11.3. The molecule has 0 aromatic carbocycles. The first-order valence-corrected chi connectivity index (χ1v) is 5.50. The molecule has 4 rings (SSSR count). The summed E-state index contributed by atoms with van der Waals surface area (Å²) in [4.78, 5) is 24.3. The van der Waals surface area contributed by atoms with Crippen LogP contribution in [0.15, 0.2) is 0 Å². The van der Waals surface area contributed by atoms with E-state index in [0.717, 1.165) is 6.54 Å². The number of hydrogen-bond acceptors (Lipinski definition) is 6. The van der Waals surface area contributed by atoms with E-state index in [9.17, 15) is 14.7 Å². The van der Waals surface area contributed by atoms with E-state index in [4.69, 9.17) is 9.47 Å². The van der Waals surface area contributed by atoms with Gasteiger partial charge in [-0.15, -0.1) is 0 Å². The number of nitrogens with zero attached hydrogens (tertiary/aromatic N) is 1. The monoisotopic (exact) mass is 225 g/mol. The molecule has 6 heteroatoms. The van der Waals surface area contributed by atoms with E-state index in [1.165, 1.54) is 0 Å². The van der Waals surface area contributed by atoms with Gasteiger partial charge in [-0.05, 0) is 12.3 Å². The van der Waals surface area contributed by atoms with Crippen molar-refractivity contribution in [2.45, 2.75) is 24.4 Å². The van der Waals surface area contributed by atoms with E-state index in [0.29, 0.717) is 13.0 Å². The molecule has 1 N–H and O–H groups in total. The summed E-state index contributed by atoms with van der Waals surface area (Å²) in [6.07, 6.45) is 0.0379. The van der Waals surface area contributed by atoms with Crippen LogP contribution < -0.4 is 0 Å². The summed E-state index contributed by atoms with van der Waals surface area (Å²) < 4.78 is 10.3. The van der Waals surface area contributed by atoms with Crippen molar-refractivity contribution in [3.8, 4) is 0 Å². The summed E-state index contributed by atoms with van der Waals surface area (Å²) in [6, 6.07) is 0. The van der Waals surface area contributed by atoms with E-state index in [1.807, 2.05) is 4.90 Å². The molecule has 1 saturated carbocycles. The second-order valence-electron chi connectivity index (χ2n) is 5.05. The number of ether oxygens (including phenoxy) is 2. The quantitative estimate of drug-likeness (QED) is 0.398. The molecular weight excluding hydrogens is 214 g/mol. The number of carbonyl (C=O) groups is 2. The van der Waals surface area contributed by atoms with Crippen molar-refractivity contribution in [1.82, 2.24) is 4.90 Å². The lowest BCUT2D eigenvalue weighted by molar-refractivity contribution is -0.200. The van der Waals surface area contributed by atoms with Crippen LogP contribution in [0.5, 0.6) is 0 Å². The number of esters is 2. The summed E-state index contributed by atoms with van der Waals surface area (Å²) in [5, 5.41) is 9.64. The number of aliphatic hydroxyl groups excluding tert-OH is 1. The number of hydrogen-bond donors (Lipinski definition) is 1. The highest BCUT2D eigenvalue weighted by Gasteiger charge is 2.83. The molecular formula is C10H11NO5. The normalized spacial score (nSPS) is 57.2. The fourth-order valence-corrected chi connectivity index (χ4v) is 3.68. The van der Waals surface area contributed by atoms with Gasteiger partial charge in [0, 0.05) is 13.1 Å². The van der Waals surface area contributed by atoms with Gasteiger partial charge >= 0.3 is 11.9 Å². The molecule has 3 aliphatic heterocycles. The average Bonchev–Trinajstić information content (AvgIpc) is 2.79. The highest BCUT2D eigenvalue weighted by molar-refractivity contribution is 6.30. The van der Waals surface area contributed by atoms with Crippen molar-refractivity contribution in [2.24, 2.45) is 11.8 Å². The van der Waals surface area contributed by atoms with Crippen LogP contribution in [0.4, 0.5) is 0 Å². The fourth-order valence-electron chi connectivity index (χ4n) is 3.68. The summed E-state index contributed by atoms with van der Waals surface area (Å²) in [5.74, 6) is -1.45. The second-order valence-corrected chi connectivity index (χ2v) is 5.05. The van der Waals surface area contributed by atoms with Crippen LogP contribution in [0.2, 0.25) is 0 Å². The van der Waals surface area contributed by atoms with Gasteiger partial charge in [-0.1, -0.05) is 0 Å². The topological polar surface area (TPSA) is 76.1 Å². The van der Waals surface area contributed by atoms with E-state index >= 15 is 0 Å². The van der Waals surface area contributed by atoms with Crippen LogP contribution in [0.25, 0.3) is 0 Å². The molecule has 6 unspecified atom stereocenters. The highest BCUT2D eigenvalue weighted by atomic mass is 16.7. The molecule has 1 aliphatic carbocycles. The number of carbonyl (C=O) groups excluding carboxylic acids is 2. The minimum Gasteiger partial charge on any atom is -0.448 e. The third-order valence-electron chi connectivity index (χ3n) is 4.22. The Morgan fingerprint density at radius 3 is 2.94 bits per heavy atom. The van der Waals surface area contributed by atoms with Crippen LogP contribution in [0.1, 0.15) is 6.42 Å². The number of rotatable bonds is 0. The molecule has 16 heavy (non-hydrogen) atoms. The molecule has 0 amide bonds. The van der Waals surface area contributed by atoms with Gasteiger partial charge in [0.1, 0.15) is 0 Å². The lowest BCUT2D eigenvalue weighted by Gasteiger charge is -2.36. The van der Waals surface area contributed by atoms with E-state index < -0.39 is 17.7 Å². The Bertz CT molecular complexity index is 410. The Balaban J connectivity index is 1.71. The first kappa shape index (κ1) is 8.95.